The number of benzene rings is 1. The Hall–Kier alpha value is -3.16. The molecule has 0 atom stereocenters. The Labute approximate surface area is 161 Å². The van der Waals surface area contributed by atoms with Crippen LogP contribution in [0, 0.1) is 13.8 Å². The van der Waals surface area contributed by atoms with E-state index < -0.39 is 5.79 Å². The van der Waals surface area contributed by atoms with Gasteiger partial charge in [0.05, 0.1) is 6.42 Å². The average molecular weight is 379 g/mol. The Bertz CT molecular complexity index is 1080. The number of ether oxygens (including phenoxy) is 2. The number of aryl methyl sites for hydroxylation is 2. The Morgan fingerprint density at radius 3 is 2.75 bits per heavy atom. The fourth-order valence-corrected chi connectivity index (χ4v) is 3.92. The van der Waals surface area contributed by atoms with Crippen molar-refractivity contribution in [2.24, 2.45) is 0 Å². The highest BCUT2D eigenvalue weighted by Gasteiger charge is 2.44. The van der Waals surface area contributed by atoms with Crippen LogP contribution in [0.3, 0.4) is 0 Å². The van der Waals surface area contributed by atoms with Gasteiger partial charge in [-0.15, -0.1) is 5.10 Å². The number of fused-ring (bicyclic) bond motifs is 2. The second-order valence-corrected chi connectivity index (χ2v) is 7.49. The zero-order chi connectivity index (χ0) is 19.3. The topological polar surface area (TPSA) is 90.6 Å². The quantitative estimate of drug-likeness (QED) is 0.752. The van der Waals surface area contributed by atoms with E-state index in [9.17, 15) is 4.79 Å². The van der Waals surface area contributed by atoms with E-state index in [0.717, 1.165) is 42.8 Å². The molecule has 2 aromatic heterocycles. The summed E-state index contributed by atoms with van der Waals surface area (Å²) in [7, 11) is 0. The highest BCUT2D eigenvalue weighted by molar-refractivity contribution is 5.92. The molecule has 1 N–H and O–H groups in total. The molecule has 0 unspecified atom stereocenters. The molecule has 1 aromatic carbocycles. The number of amides is 1. The molecule has 5 rings (SSSR count). The molecule has 144 valence electrons. The van der Waals surface area contributed by atoms with Crippen molar-refractivity contribution in [1.29, 1.82) is 0 Å². The van der Waals surface area contributed by atoms with Crippen LogP contribution in [0.15, 0.2) is 24.3 Å². The molecule has 1 saturated carbocycles. The van der Waals surface area contributed by atoms with E-state index >= 15 is 0 Å². The summed E-state index contributed by atoms with van der Waals surface area (Å²) in [6, 6.07) is 7.40. The molecular weight excluding hydrogens is 358 g/mol. The molecule has 3 aromatic rings. The molecule has 8 heteroatoms. The predicted molar refractivity (Wildman–Crippen MR) is 101 cm³/mol. The molecular formula is C20H21N5O3. The van der Waals surface area contributed by atoms with Gasteiger partial charge >= 0.3 is 0 Å². The fourth-order valence-electron chi connectivity index (χ4n) is 3.92. The number of hydrogen-bond acceptors (Lipinski definition) is 6. The van der Waals surface area contributed by atoms with Gasteiger partial charge in [0.1, 0.15) is 0 Å². The molecule has 0 bridgehead atoms. The van der Waals surface area contributed by atoms with Crippen molar-refractivity contribution < 1.29 is 14.3 Å². The average Bonchev–Trinajstić information content (AvgIpc) is 3.33. The zero-order valence-electron chi connectivity index (χ0n) is 15.9. The number of carbonyl (C=O) groups is 1. The van der Waals surface area contributed by atoms with E-state index in [1.54, 1.807) is 4.52 Å². The normalized spacial score (nSPS) is 16.8. The van der Waals surface area contributed by atoms with Gasteiger partial charge in [0.25, 0.3) is 11.6 Å². The molecule has 1 fully saturated rings. The summed E-state index contributed by atoms with van der Waals surface area (Å²) in [5, 5.41) is 7.26. The van der Waals surface area contributed by atoms with Gasteiger partial charge in [-0.3, -0.25) is 4.79 Å². The maximum absolute atomic E-state index is 12.5. The summed E-state index contributed by atoms with van der Waals surface area (Å²) in [5.74, 6) is 1.66. The summed E-state index contributed by atoms with van der Waals surface area (Å²) < 4.78 is 13.7. The molecule has 3 heterocycles. The minimum atomic E-state index is -0.506. The van der Waals surface area contributed by atoms with Crippen molar-refractivity contribution in [2.45, 2.75) is 51.7 Å². The molecule has 0 saturated heterocycles. The van der Waals surface area contributed by atoms with Gasteiger partial charge in [0.15, 0.2) is 17.3 Å². The van der Waals surface area contributed by atoms with E-state index in [0.29, 0.717) is 23.0 Å². The summed E-state index contributed by atoms with van der Waals surface area (Å²) in [5.41, 5.74) is 2.46. The fraction of sp³-hybridized carbons (Fsp3) is 0.400. The number of anilines is 1. The predicted octanol–water partition coefficient (Wildman–Crippen LogP) is 2.96. The number of hydrogen-bond donors (Lipinski definition) is 1. The van der Waals surface area contributed by atoms with Crippen molar-refractivity contribution in [3.05, 3.63) is 41.5 Å². The van der Waals surface area contributed by atoms with Gasteiger partial charge in [-0.05, 0) is 44.9 Å². The first-order valence-corrected chi connectivity index (χ1v) is 9.52. The van der Waals surface area contributed by atoms with Crippen molar-refractivity contribution in [3.8, 4) is 11.5 Å². The Morgan fingerprint density at radius 2 is 1.93 bits per heavy atom. The van der Waals surface area contributed by atoms with E-state index in [1.165, 1.54) is 0 Å². The second kappa shape index (κ2) is 6.19. The summed E-state index contributed by atoms with van der Waals surface area (Å²) in [4.78, 5) is 21.2. The number of rotatable bonds is 3. The molecule has 1 amide bonds. The first-order valence-electron chi connectivity index (χ1n) is 9.52. The van der Waals surface area contributed by atoms with Crippen LogP contribution in [-0.2, 0) is 11.2 Å². The molecule has 1 aliphatic carbocycles. The third-order valence-corrected chi connectivity index (χ3v) is 5.17. The zero-order valence-corrected chi connectivity index (χ0v) is 15.9. The number of aromatic nitrogens is 4. The van der Waals surface area contributed by atoms with Crippen LogP contribution in [0.4, 0.5) is 5.69 Å². The number of nitrogens with one attached hydrogen (secondary N) is 1. The van der Waals surface area contributed by atoms with Gasteiger partial charge in [0, 0.05) is 36.0 Å². The van der Waals surface area contributed by atoms with Gasteiger partial charge in [-0.1, -0.05) is 0 Å². The summed E-state index contributed by atoms with van der Waals surface area (Å²) >= 11 is 0. The molecule has 8 nitrogen and oxygen atoms in total. The van der Waals surface area contributed by atoms with Gasteiger partial charge in [-0.25, -0.2) is 9.50 Å². The Balaban J connectivity index is 1.30. The minimum absolute atomic E-state index is 0.0697. The number of nitrogens with zero attached hydrogens (tertiary/aromatic N) is 4. The van der Waals surface area contributed by atoms with Crippen LogP contribution in [-0.4, -0.2) is 31.3 Å². The highest BCUT2D eigenvalue weighted by Crippen LogP contribution is 2.47. The lowest BCUT2D eigenvalue weighted by molar-refractivity contribution is -0.115. The molecule has 1 aliphatic heterocycles. The maximum atomic E-state index is 12.5. The Kier molecular flexibility index (Phi) is 3.75. The van der Waals surface area contributed by atoms with Crippen molar-refractivity contribution in [2.75, 3.05) is 5.32 Å². The molecule has 2 aliphatic rings. The van der Waals surface area contributed by atoms with E-state index in [1.807, 2.05) is 38.1 Å². The van der Waals surface area contributed by atoms with Crippen LogP contribution in [0.1, 0.15) is 42.9 Å². The minimum Gasteiger partial charge on any atom is -0.448 e. The first kappa shape index (κ1) is 17.0. The van der Waals surface area contributed by atoms with Crippen molar-refractivity contribution in [3.63, 3.8) is 0 Å². The second-order valence-electron chi connectivity index (χ2n) is 7.49. The van der Waals surface area contributed by atoms with E-state index in [-0.39, 0.29) is 12.3 Å². The maximum Gasteiger partial charge on any atom is 0.252 e. The third-order valence-electron chi connectivity index (χ3n) is 5.17. The SMILES string of the molecule is Cc1cc(C)n2nc(CC(=O)Nc3ccc4c(c3)OC3(CCCC3)O4)nc2n1. The molecule has 28 heavy (non-hydrogen) atoms. The van der Waals surface area contributed by atoms with E-state index in [4.69, 9.17) is 9.47 Å². The van der Waals surface area contributed by atoms with Crippen LogP contribution in [0.25, 0.3) is 5.78 Å². The lowest BCUT2D eigenvalue weighted by atomic mass is 10.2. The molecule has 1 spiro atoms. The van der Waals surface area contributed by atoms with Crippen molar-refractivity contribution in [1.82, 2.24) is 19.6 Å². The summed E-state index contributed by atoms with van der Waals surface area (Å²) in [6.07, 6.45) is 4.08. The van der Waals surface area contributed by atoms with E-state index in [2.05, 4.69) is 20.4 Å². The largest absolute Gasteiger partial charge is 0.448 e. The Morgan fingerprint density at radius 1 is 1.14 bits per heavy atom. The third kappa shape index (κ3) is 2.94. The van der Waals surface area contributed by atoms with Crippen LogP contribution >= 0.6 is 0 Å². The monoisotopic (exact) mass is 379 g/mol. The first-order chi connectivity index (χ1) is 13.5. The smallest absolute Gasteiger partial charge is 0.252 e. The van der Waals surface area contributed by atoms with Gasteiger partial charge in [-0.2, -0.15) is 4.98 Å². The number of carbonyl (C=O) groups excluding carboxylic acids is 1. The lowest BCUT2D eigenvalue weighted by Crippen LogP contribution is -2.34. The van der Waals surface area contributed by atoms with Crippen LogP contribution in [0.2, 0.25) is 0 Å². The lowest BCUT2D eigenvalue weighted by Gasteiger charge is -2.21. The standard InChI is InChI=1S/C20H21N5O3/c1-12-9-13(2)25-19(21-12)23-17(24-25)11-18(26)22-14-5-6-15-16(10-14)28-20(27-15)7-3-4-8-20/h5-6,9-10H,3-4,7-8,11H2,1-2H3,(H,22,26). The highest BCUT2D eigenvalue weighted by atomic mass is 16.7. The van der Waals surface area contributed by atoms with Gasteiger partial charge in [0.2, 0.25) is 5.91 Å². The summed E-state index contributed by atoms with van der Waals surface area (Å²) in [6.45, 7) is 3.84. The van der Waals surface area contributed by atoms with Crippen molar-refractivity contribution >= 4 is 17.4 Å². The van der Waals surface area contributed by atoms with Gasteiger partial charge < -0.3 is 14.8 Å². The van der Waals surface area contributed by atoms with Crippen LogP contribution < -0.4 is 14.8 Å². The van der Waals surface area contributed by atoms with Crippen LogP contribution in [0.5, 0.6) is 11.5 Å². The molecule has 0 radical (unpaired) electrons.